The minimum absolute atomic E-state index is 0.0269. The van der Waals surface area contributed by atoms with Crippen molar-refractivity contribution >= 4 is 11.7 Å². The predicted octanol–water partition coefficient (Wildman–Crippen LogP) is 3.42. The lowest BCUT2D eigenvalue weighted by Gasteiger charge is -2.17. The molecule has 1 saturated heterocycles. The molecule has 0 N–H and O–H groups in total. The first kappa shape index (κ1) is 17.5. The quantitative estimate of drug-likeness (QED) is 0.682. The molecule has 0 aromatic carbocycles. The van der Waals surface area contributed by atoms with Crippen molar-refractivity contribution in [1.29, 1.82) is 0 Å². The van der Waals surface area contributed by atoms with E-state index in [-0.39, 0.29) is 23.1 Å². The van der Waals surface area contributed by atoms with Gasteiger partial charge in [-0.2, -0.15) is 22.7 Å². The lowest BCUT2D eigenvalue weighted by molar-refractivity contribution is -0.142. The van der Waals surface area contributed by atoms with Crippen LogP contribution in [0.25, 0.3) is 17.2 Å². The highest BCUT2D eigenvalue weighted by atomic mass is 19.4. The first-order valence-corrected chi connectivity index (χ1v) is 8.61. The molecule has 0 spiro atoms. The zero-order valence-corrected chi connectivity index (χ0v) is 14.2. The molecular weight excluding hydrogens is 363 g/mol. The van der Waals surface area contributed by atoms with Gasteiger partial charge in [0.25, 0.3) is 11.7 Å². The van der Waals surface area contributed by atoms with E-state index in [1.807, 2.05) is 0 Å². The number of furan rings is 1. The number of carbonyl (C=O) groups excluding carboxylic acids is 1. The third kappa shape index (κ3) is 3.38. The van der Waals surface area contributed by atoms with Gasteiger partial charge in [0.2, 0.25) is 5.82 Å². The van der Waals surface area contributed by atoms with Gasteiger partial charge in [0.15, 0.2) is 11.5 Å². The van der Waals surface area contributed by atoms with Gasteiger partial charge < -0.3 is 9.32 Å². The van der Waals surface area contributed by atoms with Gasteiger partial charge in [-0.3, -0.25) is 4.79 Å². The summed E-state index contributed by atoms with van der Waals surface area (Å²) in [4.78, 5) is 22.3. The zero-order chi connectivity index (χ0) is 19.0. The lowest BCUT2D eigenvalue weighted by atomic mass is 10.2. The molecule has 0 atom stereocenters. The van der Waals surface area contributed by atoms with Crippen molar-refractivity contribution in [1.82, 2.24) is 24.5 Å². The highest BCUT2D eigenvalue weighted by molar-refractivity contribution is 5.91. The Labute approximate surface area is 151 Å². The molecule has 4 heterocycles. The van der Waals surface area contributed by atoms with E-state index in [1.165, 1.54) is 12.3 Å². The standard InChI is InChI=1S/C17H16F3N5O2/c18-17(19,20)13-10-11(12-6-5-9-27-12)21-16-22-14(23-25(13)16)15(26)24-7-3-1-2-4-8-24/h5-6,9-10H,1-4,7-8H2. The Bertz CT molecular complexity index is 957. The van der Waals surface area contributed by atoms with Crippen LogP contribution in [-0.2, 0) is 6.18 Å². The van der Waals surface area contributed by atoms with Crippen molar-refractivity contribution in [2.24, 2.45) is 0 Å². The van der Waals surface area contributed by atoms with Crippen LogP contribution in [0.1, 0.15) is 42.0 Å². The summed E-state index contributed by atoms with van der Waals surface area (Å²) in [5.74, 6) is -0.887. The molecule has 3 aromatic rings. The van der Waals surface area contributed by atoms with Crippen LogP contribution in [-0.4, -0.2) is 43.5 Å². The van der Waals surface area contributed by atoms with Gasteiger partial charge >= 0.3 is 6.18 Å². The Morgan fingerprint density at radius 2 is 1.85 bits per heavy atom. The number of rotatable bonds is 2. The first-order chi connectivity index (χ1) is 12.9. The molecule has 4 rings (SSSR count). The van der Waals surface area contributed by atoms with Gasteiger partial charge in [-0.15, -0.1) is 5.10 Å². The summed E-state index contributed by atoms with van der Waals surface area (Å²) in [6.45, 7) is 1.09. The van der Waals surface area contributed by atoms with Gasteiger partial charge in [0.05, 0.1) is 6.26 Å². The fourth-order valence-corrected chi connectivity index (χ4v) is 3.13. The molecule has 3 aromatic heterocycles. The smallest absolute Gasteiger partial charge is 0.433 e. The van der Waals surface area contributed by atoms with E-state index in [0.717, 1.165) is 31.7 Å². The number of hydrogen-bond donors (Lipinski definition) is 0. The van der Waals surface area contributed by atoms with Gasteiger partial charge in [-0.25, -0.2) is 4.98 Å². The highest BCUT2D eigenvalue weighted by Gasteiger charge is 2.36. The monoisotopic (exact) mass is 379 g/mol. The SMILES string of the molecule is O=C(c1nc2nc(-c3ccco3)cc(C(F)(F)F)n2n1)N1CCCCCC1. The van der Waals surface area contributed by atoms with E-state index < -0.39 is 17.8 Å². The Kier molecular flexibility index (Phi) is 4.33. The van der Waals surface area contributed by atoms with E-state index in [2.05, 4.69) is 15.1 Å². The summed E-state index contributed by atoms with van der Waals surface area (Å²) in [6.07, 6.45) is 0.399. The summed E-state index contributed by atoms with van der Waals surface area (Å²) in [5.41, 5.74) is -1.10. The maximum atomic E-state index is 13.5. The summed E-state index contributed by atoms with van der Waals surface area (Å²) in [5, 5.41) is 3.81. The third-order valence-electron chi connectivity index (χ3n) is 4.46. The van der Waals surface area contributed by atoms with Crippen LogP contribution in [0.5, 0.6) is 0 Å². The van der Waals surface area contributed by atoms with Crippen LogP contribution in [0.2, 0.25) is 0 Å². The Morgan fingerprint density at radius 3 is 2.48 bits per heavy atom. The number of fused-ring (bicyclic) bond motifs is 1. The van der Waals surface area contributed by atoms with E-state index >= 15 is 0 Å². The molecule has 0 aliphatic carbocycles. The molecule has 1 aliphatic heterocycles. The molecule has 0 radical (unpaired) electrons. The van der Waals surface area contributed by atoms with Crippen LogP contribution in [0.15, 0.2) is 28.9 Å². The van der Waals surface area contributed by atoms with E-state index in [0.29, 0.717) is 17.6 Å². The summed E-state index contributed by atoms with van der Waals surface area (Å²) >= 11 is 0. The zero-order valence-electron chi connectivity index (χ0n) is 14.2. The molecule has 27 heavy (non-hydrogen) atoms. The molecule has 1 fully saturated rings. The van der Waals surface area contributed by atoms with E-state index in [9.17, 15) is 18.0 Å². The maximum absolute atomic E-state index is 13.5. The number of halogens is 3. The topological polar surface area (TPSA) is 76.5 Å². The molecule has 0 saturated carbocycles. The predicted molar refractivity (Wildman–Crippen MR) is 87.9 cm³/mol. The van der Waals surface area contributed by atoms with Crippen molar-refractivity contribution in [2.75, 3.05) is 13.1 Å². The second-order valence-corrected chi connectivity index (χ2v) is 6.36. The van der Waals surface area contributed by atoms with Gasteiger partial charge in [0, 0.05) is 13.1 Å². The number of carbonyl (C=O) groups is 1. The molecule has 0 bridgehead atoms. The van der Waals surface area contributed by atoms with Gasteiger partial charge in [-0.1, -0.05) is 12.8 Å². The Balaban J connectivity index is 1.79. The average Bonchev–Trinajstić information content (AvgIpc) is 3.23. The Hall–Kier alpha value is -2.91. The maximum Gasteiger partial charge on any atom is 0.433 e. The fraction of sp³-hybridized carbons (Fsp3) is 0.412. The first-order valence-electron chi connectivity index (χ1n) is 8.61. The molecular formula is C17H16F3N5O2. The van der Waals surface area contributed by atoms with Crippen molar-refractivity contribution in [3.05, 3.63) is 36.0 Å². The summed E-state index contributed by atoms with van der Waals surface area (Å²) in [7, 11) is 0. The minimum Gasteiger partial charge on any atom is -0.463 e. The normalized spacial score (nSPS) is 15.9. The van der Waals surface area contributed by atoms with Crippen molar-refractivity contribution in [3.63, 3.8) is 0 Å². The third-order valence-corrected chi connectivity index (χ3v) is 4.46. The van der Waals surface area contributed by atoms with Gasteiger partial charge in [-0.05, 0) is 31.0 Å². The minimum atomic E-state index is -4.70. The molecule has 10 heteroatoms. The molecule has 142 valence electrons. The molecule has 0 unspecified atom stereocenters. The Morgan fingerprint density at radius 1 is 1.11 bits per heavy atom. The van der Waals surface area contributed by atoms with Gasteiger partial charge in [0.1, 0.15) is 5.69 Å². The number of aromatic nitrogens is 4. The van der Waals surface area contributed by atoms with E-state index in [4.69, 9.17) is 4.42 Å². The number of likely N-dealkylation sites (tertiary alicyclic amines) is 1. The van der Waals surface area contributed by atoms with Crippen LogP contribution < -0.4 is 0 Å². The largest absolute Gasteiger partial charge is 0.463 e. The summed E-state index contributed by atoms with van der Waals surface area (Å²) < 4.78 is 46.3. The fourth-order valence-electron chi connectivity index (χ4n) is 3.13. The molecule has 7 nitrogen and oxygen atoms in total. The van der Waals surface area contributed by atoms with Crippen LogP contribution >= 0.6 is 0 Å². The van der Waals surface area contributed by atoms with Crippen molar-refractivity contribution in [3.8, 4) is 11.5 Å². The summed E-state index contributed by atoms with van der Waals surface area (Å²) in [6, 6.07) is 3.88. The lowest BCUT2D eigenvalue weighted by Crippen LogP contribution is -2.32. The van der Waals surface area contributed by atoms with Crippen LogP contribution in [0.3, 0.4) is 0 Å². The average molecular weight is 379 g/mol. The number of alkyl halides is 3. The number of hydrogen-bond acceptors (Lipinski definition) is 5. The highest BCUT2D eigenvalue weighted by Crippen LogP contribution is 2.32. The van der Waals surface area contributed by atoms with E-state index in [1.54, 1.807) is 11.0 Å². The number of amides is 1. The second-order valence-electron chi connectivity index (χ2n) is 6.36. The molecule has 1 aliphatic rings. The van der Waals surface area contributed by atoms with Crippen LogP contribution in [0.4, 0.5) is 13.2 Å². The van der Waals surface area contributed by atoms with Crippen molar-refractivity contribution in [2.45, 2.75) is 31.9 Å². The second kappa shape index (κ2) is 6.67. The van der Waals surface area contributed by atoms with Crippen molar-refractivity contribution < 1.29 is 22.4 Å². The number of nitrogens with zero attached hydrogens (tertiary/aromatic N) is 5. The van der Waals surface area contributed by atoms with Crippen LogP contribution in [0, 0.1) is 0 Å². The molecule has 1 amide bonds.